The van der Waals surface area contributed by atoms with E-state index in [1.165, 1.54) is 18.2 Å². The smallest absolute Gasteiger partial charge is 0.327 e. The summed E-state index contributed by atoms with van der Waals surface area (Å²) < 4.78 is 13.8. The molecule has 1 unspecified atom stereocenters. The Hall–Kier alpha value is -1.76. The summed E-state index contributed by atoms with van der Waals surface area (Å²) in [7, 11) is 0. The fourth-order valence-corrected chi connectivity index (χ4v) is 1.82. The van der Waals surface area contributed by atoms with Crippen molar-refractivity contribution in [3.8, 4) is 0 Å². The minimum Gasteiger partial charge on any atom is -0.480 e. The van der Waals surface area contributed by atoms with Gasteiger partial charge in [-0.3, -0.25) is 0 Å². The van der Waals surface area contributed by atoms with Crippen molar-refractivity contribution in [2.24, 2.45) is 0 Å². The molecule has 0 spiro atoms. The quantitative estimate of drug-likeness (QED) is 0.744. The third-order valence-electron chi connectivity index (χ3n) is 2.75. The largest absolute Gasteiger partial charge is 0.480 e. The van der Waals surface area contributed by atoms with Crippen LogP contribution >= 0.6 is 0 Å². The second-order valence-corrected chi connectivity index (χ2v) is 3.85. The summed E-state index contributed by atoms with van der Waals surface area (Å²) in [6.07, 6.45) is 1.24. The van der Waals surface area contributed by atoms with Crippen LogP contribution in [0.2, 0.25) is 0 Å². The van der Waals surface area contributed by atoms with Crippen LogP contribution in [0.1, 0.15) is 5.69 Å². The van der Waals surface area contributed by atoms with Gasteiger partial charge in [-0.15, -0.1) is 0 Å². The van der Waals surface area contributed by atoms with E-state index in [2.05, 4.69) is 15.3 Å². The number of aliphatic carboxylic acids is 1. The molecule has 1 fully saturated rings. The van der Waals surface area contributed by atoms with Gasteiger partial charge in [-0.1, -0.05) is 0 Å². The number of nitrogens with zero attached hydrogens (tertiary/aromatic N) is 3. The summed E-state index contributed by atoms with van der Waals surface area (Å²) in [6, 6.07) is -0.799. The normalized spacial score (nSPS) is 20.4. The molecule has 92 valence electrons. The van der Waals surface area contributed by atoms with Crippen LogP contribution in [0, 0.1) is 12.7 Å². The Bertz CT molecular complexity index is 440. The van der Waals surface area contributed by atoms with Crippen molar-refractivity contribution < 1.29 is 14.3 Å². The van der Waals surface area contributed by atoms with E-state index in [9.17, 15) is 9.18 Å². The molecule has 0 bridgehead atoms. The number of hydrogen-bond donors (Lipinski definition) is 2. The fraction of sp³-hybridized carbons (Fsp3) is 0.500. The number of anilines is 1. The maximum atomic E-state index is 13.8. The van der Waals surface area contributed by atoms with E-state index in [0.29, 0.717) is 13.1 Å². The van der Waals surface area contributed by atoms with Gasteiger partial charge in [0, 0.05) is 19.6 Å². The lowest BCUT2D eigenvalue weighted by Crippen LogP contribution is -2.55. The topological polar surface area (TPSA) is 78.4 Å². The monoisotopic (exact) mass is 240 g/mol. The molecule has 1 aliphatic heterocycles. The van der Waals surface area contributed by atoms with Gasteiger partial charge in [-0.05, 0) is 6.92 Å². The average molecular weight is 240 g/mol. The van der Waals surface area contributed by atoms with Gasteiger partial charge in [-0.25, -0.2) is 19.2 Å². The van der Waals surface area contributed by atoms with Crippen molar-refractivity contribution in [3.63, 3.8) is 0 Å². The predicted molar refractivity (Wildman–Crippen MR) is 58.4 cm³/mol. The van der Waals surface area contributed by atoms with Gasteiger partial charge in [0.15, 0.2) is 11.6 Å². The molecule has 0 amide bonds. The third-order valence-corrected chi connectivity index (χ3v) is 2.75. The van der Waals surface area contributed by atoms with Crippen LogP contribution in [0.3, 0.4) is 0 Å². The molecule has 17 heavy (non-hydrogen) atoms. The highest BCUT2D eigenvalue weighted by Crippen LogP contribution is 2.20. The lowest BCUT2D eigenvalue weighted by molar-refractivity contribution is -0.138. The second-order valence-electron chi connectivity index (χ2n) is 3.85. The SMILES string of the molecule is Cc1ncnc(N2CCNCC2C(=O)O)c1F. The Morgan fingerprint density at radius 2 is 2.41 bits per heavy atom. The Labute approximate surface area is 97.5 Å². The number of nitrogens with one attached hydrogen (secondary N) is 1. The first-order chi connectivity index (χ1) is 8.11. The van der Waals surface area contributed by atoms with Gasteiger partial charge < -0.3 is 15.3 Å². The van der Waals surface area contributed by atoms with Crippen molar-refractivity contribution in [2.45, 2.75) is 13.0 Å². The molecule has 1 atom stereocenters. The third kappa shape index (κ3) is 2.19. The van der Waals surface area contributed by atoms with Gasteiger partial charge in [0.25, 0.3) is 0 Å². The van der Waals surface area contributed by atoms with E-state index in [1.54, 1.807) is 0 Å². The minimum absolute atomic E-state index is 0.0615. The summed E-state index contributed by atoms with van der Waals surface area (Å²) in [6.45, 7) is 2.81. The summed E-state index contributed by atoms with van der Waals surface area (Å²) in [5.41, 5.74) is 0.220. The molecule has 0 aromatic carbocycles. The first-order valence-electron chi connectivity index (χ1n) is 5.28. The molecule has 1 aliphatic rings. The highest BCUT2D eigenvalue weighted by atomic mass is 19.1. The fourth-order valence-electron chi connectivity index (χ4n) is 1.82. The van der Waals surface area contributed by atoms with Crippen molar-refractivity contribution >= 4 is 11.8 Å². The average Bonchev–Trinajstić information content (AvgIpc) is 2.33. The number of piperazine rings is 1. The molecule has 0 aliphatic carbocycles. The maximum Gasteiger partial charge on any atom is 0.327 e. The highest BCUT2D eigenvalue weighted by Gasteiger charge is 2.31. The number of hydrogen-bond acceptors (Lipinski definition) is 5. The zero-order valence-corrected chi connectivity index (χ0v) is 9.35. The lowest BCUT2D eigenvalue weighted by atomic mass is 10.2. The van der Waals surface area contributed by atoms with Gasteiger partial charge in [0.1, 0.15) is 12.4 Å². The molecular formula is C10H13FN4O2. The predicted octanol–water partition coefficient (Wildman–Crippen LogP) is -0.213. The van der Waals surface area contributed by atoms with Gasteiger partial charge in [-0.2, -0.15) is 0 Å². The Balaban J connectivity index is 2.36. The number of aromatic nitrogens is 2. The Morgan fingerprint density at radius 3 is 3.12 bits per heavy atom. The molecule has 6 nitrogen and oxygen atoms in total. The molecule has 7 heteroatoms. The molecule has 2 rings (SSSR count). The van der Waals surface area contributed by atoms with E-state index >= 15 is 0 Å². The lowest BCUT2D eigenvalue weighted by Gasteiger charge is -2.34. The van der Waals surface area contributed by atoms with E-state index in [-0.39, 0.29) is 18.1 Å². The maximum absolute atomic E-state index is 13.8. The van der Waals surface area contributed by atoms with Crippen LogP contribution in [-0.4, -0.2) is 46.7 Å². The van der Waals surface area contributed by atoms with Crippen LogP contribution in [0.5, 0.6) is 0 Å². The van der Waals surface area contributed by atoms with E-state index in [1.807, 2.05) is 0 Å². The molecule has 1 saturated heterocycles. The van der Waals surface area contributed by atoms with E-state index < -0.39 is 17.8 Å². The standard InChI is InChI=1S/C10H13FN4O2/c1-6-8(11)9(14-5-13-6)15-3-2-12-4-7(15)10(16)17/h5,7,12H,2-4H2,1H3,(H,16,17). The van der Waals surface area contributed by atoms with Crippen molar-refractivity contribution in [1.82, 2.24) is 15.3 Å². The van der Waals surface area contributed by atoms with Crippen molar-refractivity contribution in [2.75, 3.05) is 24.5 Å². The number of carboxylic acids is 1. The molecular weight excluding hydrogens is 227 g/mol. The van der Waals surface area contributed by atoms with Gasteiger partial charge in [0.05, 0.1) is 5.69 Å². The van der Waals surface area contributed by atoms with Crippen LogP contribution in [0.4, 0.5) is 10.2 Å². The first-order valence-corrected chi connectivity index (χ1v) is 5.28. The van der Waals surface area contributed by atoms with Crippen LogP contribution < -0.4 is 10.2 Å². The van der Waals surface area contributed by atoms with Crippen LogP contribution in [0.15, 0.2) is 6.33 Å². The molecule has 2 heterocycles. The molecule has 1 aromatic rings. The van der Waals surface area contributed by atoms with Crippen LogP contribution in [-0.2, 0) is 4.79 Å². The summed E-state index contributed by atoms with van der Waals surface area (Å²) >= 11 is 0. The number of carboxylic acid groups (broad SMARTS) is 1. The summed E-state index contributed by atoms with van der Waals surface area (Å²) in [5.74, 6) is -1.49. The van der Waals surface area contributed by atoms with E-state index in [4.69, 9.17) is 5.11 Å². The van der Waals surface area contributed by atoms with Crippen molar-refractivity contribution in [3.05, 3.63) is 17.8 Å². The zero-order valence-electron chi connectivity index (χ0n) is 9.35. The minimum atomic E-state index is -0.993. The highest BCUT2D eigenvalue weighted by molar-refractivity contribution is 5.78. The van der Waals surface area contributed by atoms with Gasteiger partial charge >= 0.3 is 5.97 Å². The number of aryl methyl sites for hydroxylation is 1. The number of rotatable bonds is 2. The van der Waals surface area contributed by atoms with E-state index in [0.717, 1.165) is 0 Å². The van der Waals surface area contributed by atoms with Crippen molar-refractivity contribution in [1.29, 1.82) is 0 Å². The van der Waals surface area contributed by atoms with Crippen LogP contribution in [0.25, 0.3) is 0 Å². The molecule has 0 saturated carbocycles. The Morgan fingerprint density at radius 1 is 1.65 bits per heavy atom. The summed E-state index contributed by atoms with van der Waals surface area (Å²) in [4.78, 5) is 20.1. The van der Waals surface area contributed by atoms with Gasteiger partial charge in [0.2, 0.25) is 0 Å². The summed E-state index contributed by atoms with van der Waals surface area (Å²) in [5, 5.41) is 12.0. The first kappa shape index (κ1) is 11.7. The zero-order chi connectivity index (χ0) is 12.4. The molecule has 2 N–H and O–H groups in total. The second kappa shape index (κ2) is 4.62. The molecule has 1 aromatic heterocycles. The number of halogens is 1. The molecule has 0 radical (unpaired) electrons. The Kier molecular flexibility index (Phi) is 3.19. The number of carbonyl (C=O) groups is 1.